The number of thiazole rings is 1. The van der Waals surface area contributed by atoms with Gasteiger partial charge in [0.15, 0.2) is 4.96 Å². The van der Waals surface area contributed by atoms with Crippen LogP contribution in [0.25, 0.3) is 4.96 Å². The zero-order valence-electron chi connectivity index (χ0n) is 9.73. The molecule has 86 valence electrons. The predicted octanol–water partition coefficient (Wildman–Crippen LogP) is 2.77. The van der Waals surface area contributed by atoms with E-state index in [4.69, 9.17) is 4.98 Å². The summed E-state index contributed by atoms with van der Waals surface area (Å²) in [7, 11) is 0. The van der Waals surface area contributed by atoms with Crippen LogP contribution in [0.2, 0.25) is 0 Å². The summed E-state index contributed by atoms with van der Waals surface area (Å²) in [6.45, 7) is 5.30. The maximum absolute atomic E-state index is 4.75. The van der Waals surface area contributed by atoms with Gasteiger partial charge in [0.25, 0.3) is 0 Å². The first-order valence-corrected chi connectivity index (χ1v) is 6.81. The number of fused-ring (bicyclic) bond motifs is 1. The third-order valence-corrected chi connectivity index (χ3v) is 3.79. The summed E-state index contributed by atoms with van der Waals surface area (Å²) in [6.07, 6.45) is 4.77. The topological polar surface area (TPSA) is 29.3 Å². The number of nitrogens with one attached hydrogen (secondary N) is 1. The van der Waals surface area contributed by atoms with E-state index >= 15 is 0 Å². The van der Waals surface area contributed by atoms with Gasteiger partial charge in [0.05, 0.1) is 11.4 Å². The number of aromatic nitrogens is 2. The van der Waals surface area contributed by atoms with E-state index in [1.165, 1.54) is 24.2 Å². The van der Waals surface area contributed by atoms with Crippen LogP contribution in [0.15, 0.2) is 11.6 Å². The molecule has 0 radical (unpaired) electrons. The Hall–Kier alpha value is -0.870. The highest BCUT2D eigenvalue weighted by Crippen LogP contribution is 2.41. The normalized spacial score (nSPS) is 16.4. The number of hydrogen-bond donors (Lipinski definition) is 1. The number of imidazole rings is 1. The maximum atomic E-state index is 4.75. The number of rotatable bonds is 4. The van der Waals surface area contributed by atoms with E-state index < -0.39 is 0 Å². The molecule has 0 aliphatic heterocycles. The van der Waals surface area contributed by atoms with Gasteiger partial charge >= 0.3 is 0 Å². The van der Waals surface area contributed by atoms with Crippen LogP contribution in [0.5, 0.6) is 0 Å². The second kappa shape index (κ2) is 3.86. The monoisotopic (exact) mass is 235 g/mol. The highest BCUT2D eigenvalue weighted by molar-refractivity contribution is 7.15. The Morgan fingerprint density at radius 3 is 3.06 bits per heavy atom. The summed E-state index contributed by atoms with van der Waals surface area (Å²) in [5.41, 5.74) is 2.70. The SMILES string of the molecule is CC(C)NCc1c(C2CC2)nc2sccn12. The van der Waals surface area contributed by atoms with E-state index in [1.54, 1.807) is 11.3 Å². The molecule has 0 saturated heterocycles. The van der Waals surface area contributed by atoms with Gasteiger partial charge in [-0.3, -0.25) is 4.40 Å². The average Bonchev–Trinajstić information content (AvgIpc) is 2.87. The van der Waals surface area contributed by atoms with Crippen molar-refractivity contribution in [3.05, 3.63) is 23.0 Å². The molecular weight excluding hydrogens is 218 g/mol. The van der Waals surface area contributed by atoms with Crippen LogP contribution in [-0.4, -0.2) is 15.4 Å². The average molecular weight is 235 g/mol. The molecule has 0 amide bonds. The lowest BCUT2D eigenvalue weighted by atomic mass is 10.2. The van der Waals surface area contributed by atoms with Crippen LogP contribution in [0.1, 0.15) is 44.0 Å². The highest BCUT2D eigenvalue weighted by atomic mass is 32.1. The van der Waals surface area contributed by atoms with Crippen molar-refractivity contribution in [1.29, 1.82) is 0 Å². The number of hydrogen-bond acceptors (Lipinski definition) is 3. The molecule has 0 unspecified atom stereocenters. The third-order valence-electron chi connectivity index (χ3n) is 3.03. The van der Waals surface area contributed by atoms with Crippen molar-refractivity contribution in [2.75, 3.05) is 0 Å². The summed E-state index contributed by atoms with van der Waals surface area (Å²) in [5.74, 6) is 0.732. The van der Waals surface area contributed by atoms with Gasteiger partial charge in [0.2, 0.25) is 0 Å². The molecule has 3 rings (SSSR count). The first kappa shape index (κ1) is 10.3. The third kappa shape index (κ3) is 1.76. The van der Waals surface area contributed by atoms with E-state index in [2.05, 4.69) is 35.1 Å². The number of nitrogens with zero attached hydrogens (tertiary/aromatic N) is 2. The molecule has 0 bridgehead atoms. The van der Waals surface area contributed by atoms with Crippen molar-refractivity contribution in [2.45, 2.75) is 45.2 Å². The second-order valence-electron chi connectivity index (χ2n) is 4.81. The van der Waals surface area contributed by atoms with Crippen LogP contribution >= 0.6 is 11.3 Å². The summed E-state index contributed by atoms with van der Waals surface area (Å²) in [6, 6.07) is 0.524. The Morgan fingerprint density at radius 1 is 1.56 bits per heavy atom. The smallest absolute Gasteiger partial charge is 0.194 e. The van der Waals surface area contributed by atoms with Crippen LogP contribution < -0.4 is 5.32 Å². The van der Waals surface area contributed by atoms with Gasteiger partial charge in [-0.1, -0.05) is 13.8 Å². The van der Waals surface area contributed by atoms with Crippen molar-refractivity contribution in [1.82, 2.24) is 14.7 Å². The Bertz CT molecular complexity index is 493. The first-order valence-electron chi connectivity index (χ1n) is 5.93. The molecule has 1 fully saturated rings. The molecule has 0 spiro atoms. The molecule has 1 aliphatic carbocycles. The minimum absolute atomic E-state index is 0.524. The lowest BCUT2D eigenvalue weighted by Crippen LogP contribution is -2.23. The summed E-state index contributed by atoms with van der Waals surface area (Å²) in [4.78, 5) is 5.90. The first-order chi connectivity index (χ1) is 7.75. The highest BCUT2D eigenvalue weighted by Gasteiger charge is 2.30. The fourth-order valence-corrected chi connectivity index (χ4v) is 2.75. The van der Waals surface area contributed by atoms with Crippen LogP contribution in [0.3, 0.4) is 0 Å². The summed E-state index contributed by atoms with van der Waals surface area (Å²) in [5, 5.41) is 5.61. The van der Waals surface area contributed by atoms with Gasteiger partial charge in [0.1, 0.15) is 0 Å². The van der Waals surface area contributed by atoms with E-state index in [1.807, 2.05) is 0 Å². The zero-order valence-corrected chi connectivity index (χ0v) is 10.5. The maximum Gasteiger partial charge on any atom is 0.194 e. The molecule has 2 aromatic rings. The Balaban J connectivity index is 1.96. The van der Waals surface area contributed by atoms with E-state index in [0.717, 1.165) is 17.4 Å². The lowest BCUT2D eigenvalue weighted by Gasteiger charge is -2.08. The molecule has 0 aromatic carbocycles. The molecule has 1 N–H and O–H groups in total. The van der Waals surface area contributed by atoms with Gasteiger partial charge in [0, 0.05) is 30.1 Å². The zero-order chi connectivity index (χ0) is 11.1. The Kier molecular flexibility index (Phi) is 2.48. The molecule has 4 heteroatoms. The van der Waals surface area contributed by atoms with E-state index in [9.17, 15) is 0 Å². The van der Waals surface area contributed by atoms with E-state index in [0.29, 0.717) is 6.04 Å². The van der Waals surface area contributed by atoms with E-state index in [-0.39, 0.29) is 0 Å². The minimum atomic E-state index is 0.524. The Morgan fingerprint density at radius 2 is 2.38 bits per heavy atom. The van der Waals surface area contributed by atoms with Gasteiger partial charge in [-0.25, -0.2) is 4.98 Å². The predicted molar refractivity (Wildman–Crippen MR) is 67.0 cm³/mol. The van der Waals surface area contributed by atoms with Crippen molar-refractivity contribution >= 4 is 16.3 Å². The fraction of sp³-hybridized carbons (Fsp3) is 0.583. The molecule has 16 heavy (non-hydrogen) atoms. The van der Waals surface area contributed by atoms with Gasteiger partial charge in [-0.2, -0.15) is 0 Å². The molecule has 2 heterocycles. The largest absolute Gasteiger partial charge is 0.309 e. The lowest BCUT2D eigenvalue weighted by molar-refractivity contribution is 0.576. The van der Waals surface area contributed by atoms with Gasteiger partial charge < -0.3 is 5.32 Å². The van der Waals surface area contributed by atoms with Crippen molar-refractivity contribution in [3.63, 3.8) is 0 Å². The summed E-state index contributed by atoms with van der Waals surface area (Å²) < 4.78 is 2.24. The molecule has 1 saturated carbocycles. The molecule has 2 aromatic heterocycles. The second-order valence-corrected chi connectivity index (χ2v) is 5.68. The van der Waals surface area contributed by atoms with Crippen molar-refractivity contribution in [3.8, 4) is 0 Å². The fourth-order valence-electron chi connectivity index (χ4n) is 2.01. The van der Waals surface area contributed by atoms with Crippen LogP contribution in [0, 0.1) is 0 Å². The van der Waals surface area contributed by atoms with Gasteiger partial charge in [-0.05, 0) is 12.8 Å². The standard InChI is InChI=1S/C12H17N3S/c1-8(2)13-7-10-11(9-3-4-9)14-12-15(10)5-6-16-12/h5-6,8-9,13H,3-4,7H2,1-2H3. The minimum Gasteiger partial charge on any atom is -0.309 e. The molecule has 3 nitrogen and oxygen atoms in total. The summed E-state index contributed by atoms with van der Waals surface area (Å²) >= 11 is 1.73. The molecule has 1 aliphatic rings. The molecule has 0 atom stereocenters. The quantitative estimate of drug-likeness (QED) is 0.883. The van der Waals surface area contributed by atoms with Crippen molar-refractivity contribution < 1.29 is 0 Å². The van der Waals surface area contributed by atoms with Crippen molar-refractivity contribution in [2.24, 2.45) is 0 Å². The Labute approximate surface area is 99.5 Å². The van der Waals surface area contributed by atoms with Crippen LogP contribution in [0.4, 0.5) is 0 Å². The van der Waals surface area contributed by atoms with Gasteiger partial charge in [-0.15, -0.1) is 11.3 Å². The molecular formula is C12H17N3S. The van der Waals surface area contributed by atoms with Crippen LogP contribution in [-0.2, 0) is 6.54 Å².